The maximum atomic E-state index is 13.2. The van der Waals surface area contributed by atoms with E-state index in [4.69, 9.17) is 12.2 Å². The number of rotatable bonds is 2. The van der Waals surface area contributed by atoms with Crippen molar-refractivity contribution < 1.29 is 22.8 Å². The summed E-state index contributed by atoms with van der Waals surface area (Å²) >= 11 is 5.12. The van der Waals surface area contributed by atoms with Crippen molar-refractivity contribution in [1.82, 2.24) is 5.32 Å². The summed E-state index contributed by atoms with van der Waals surface area (Å²) in [6.45, 7) is 2.06. The third kappa shape index (κ3) is 3.90. The van der Waals surface area contributed by atoms with Gasteiger partial charge < -0.3 is 4.90 Å². The number of aryl methyl sites for hydroxylation is 2. The predicted octanol–water partition coefficient (Wildman–Crippen LogP) is 4.24. The van der Waals surface area contributed by atoms with Crippen molar-refractivity contribution in [2.24, 2.45) is 0 Å². The molecule has 3 aliphatic heterocycles. The fourth-order valence-electron chi connectivity index (χ4n) is 4.79. The van der Waals surface area contributed by atoms with Crippen LogP contribution in [0, 0.1) is 0 Å². The first kappa shape index (κ1) is 21.6. The Hall–Kier alpha value is -3.20. The molecule has 3 heterocycles. The summed E-state index contributed by atoms with van der Waals surface area (Å²) < 4.78 is 39.5. The molecule has 0 bridgehead atoms. The van der Waals surface area contributed by atoms with E-state index < -0.39 is 23.6 Å². The van der Waals surface area contributed by atoms with E-state index >= 15 is 0 Å². The monoisotopic (exact) mass is 471 g/mol. The molecule has 0 aromatic heterocycles. The van der Waals surface area contributed by atoms with Crippen LogP contribution in [0.25, 0.3) is 6.08 Å². The Labute approximate surface area is 193 Å². The highest BCUT2D eigenvalue weighted by molar-refractivity contribution is 7.80. The number of hydrogen-bond donors (Lipinski definition) is 1. The van der Waals surface area contributed by atoms with Gasteiger partial charge in [0.25, 0.3) is 11.8 Å². The van der Waals surface area contributed by atoms with Crippen LogP contribution in [0.15, 0.2) is 42.0 Å². The molecule has 2 aromatic rings. The molecule has 170 valence electrons. The Kier molecular flexibility index (Phi) is 5.23. The lowest BCUT2D eigenvalue weighted by atomic mass is 9.89. The number of anilines is 2. The molecular formula is C24H20F3N3O2S. The van der Waals surface area contributed by atoms with E-state index in [9.17, 15) is 22.8 Å². The summed E-state index contributed by atoms with van der Waals surface area (Å²) in [5, 5.41) is 2.18. The van der Waals surface area contributed by atoms with Crippen LogP contribution in [0.5, 0.6) is 0 Å². The SMILES string of the molecule is O=C1NC(=S)N(c2cccc(C(F)(F)F)c2)C(=O)/C1=C/c1cc2c3c(c1)CCCN3CCC2. The number of benzene rings is 2. The van der Waals surface area contributed by atoms with E-state index in [1.165, 1.54) is 35.0 Å². The van der Waals surface area contributed by atoms with Gasteiger partial charge in [-0.3, -0.25) is 19.8 Å². The fraction of sp³-hybridized carbons (Fsp3) is 0.292. The summed E-state index contributed by atoms with van der Waals surface area (Å²) in [6.07, 6.45) is 0.876. The lowest BCUT2D eigenvalue weighted by molar-refractivity contribution is -0.137. The summed E-state index contributed by atoms with van der Waals surface area (Å²) in [5.41, 5.74) is 3.25. The molecule has 0 saturated carbocycles. The molecule has 0 spiro atoms. The molecule has 1 N–H and O–H groups in total. The Balaban J connectivity index is 1.53. The van der Waals surface area contributed by atoms with Crippen molar-refractivity contribution in [3.63, 3.8) is 0 Å². The van der Waals surface area contributed by atoms with Crippen LogP contribution in [-0.4, -0.2) is 30.0 Å². The molecule has 33 heavy (non-hydrogen) atoms. The van der Waals surface area contributed by atoms with E-state index in [-0.39, 0.29) is 16.4 Å². The quantitative estimate of drug-likeness (QED) is 0.405. The van der Waals surface area contributed by atoms with Gasteiger partial charge in [0.15, 0.2) is 5.11 Å². The smallest absolute Gasteiger partial charge is 0.371 e. The van der Waals surface area contributed by atoms with Gasteiger partial charge in [-0.2, -0.15) is 13.2 Å². The van der Waals surface area contributed by atoms with Crippen LogP contribution in [0.4, 0.5) is 24.5 Å². The molecular weight excluding hydrogens is 451 g/mol. The minimum absolute atomic E-state index is 0.0538. The van der Waals surface area contributed by atoms with Crippen LogP contribution in [0.2, 0.25) is 0 Å². The zero-order valence-electron chi connectivity index (χ0n) is 17.5. The third-order valence-electron chi connectivity index (χ3n) is 6.20. The first-order valence-corrected chi connectivity index (χ1v) is 11.1. The van der Waals surface area contributed by atoms with Gasteiger partial charge in [0.1, 0.15) is 5.57 Å². The van der Waals surface area contributed by atoms with Gasteiger partial charge in [-0.15, -0.1) is 0 Å². The van der Waals surface area contributed by atoms with E-state index in [1.807, 2.05) is 12.1 Å². The van der Waals surface area contributed by atoms with Crippen LogP contribution in [0.1, 0.15) is 35.1 Å². The maximum absolute atomic E-state index is 13.2. The lowest BCUT2D eigenvalue weighted by Gasteiger charge is -2.37. The summed E-state index contributed by atoms with van der Waals surface area (Å²) in [6, 6.07) is 8.30. The van der Waals surface area contributed by atoms with Crippen molar-refractivity contribution in [3.05, 3.63) is 64.2 Å². The normalized spacial score (nSPS) is 19.6. The van der Waals surface area contributed by atoms with Gasteiger partial charge in [0.05, 0.1) is 11.3 Å². The summed E-state index contributed by atoms with van der Waals surface area (Å²) in [5.74, 6) is -1.42. The van der Waals surface area contributed by atoms with Gasteiger partial charge in [-0.05, 0) is 91.0 Å². The van der Waals surface area contributed by atoms with Crippen LogP contribution < -0.4 is 15.1 Å². The zero-order valence-corrected chi connectivity index (χ0v) is 18.4. The Morgan fingerprint density at radius 3 is 2.30 bits per heavy atom. The number of carbonyl (C=O) groups is 2. The standard InChI is InChI=1S/C24H20F3N3O2S/c25-24(26,27)17-6-1-7-18(13-17)30-22(32)19(21(31)28-23(30)33)12-14-10-15-4-2-8-29-9-3-5-16(11-14)20(15)29/h1,6-7,10-13H,2-5,8-9H2,(H,28,31,33)/b19-12+. The topological polar surface area (TPSA) is 52.7 Å². The second-order valence-corrected chi connectivity index (χ2v) is 8.77. The van der Waals surface area contributed by atoms with Gasteiger partial charge in [-0.1, -0.05) is 6.07 Å². The van der Waals surface area contributed by atoms with Crippen LogP contribution in [-0.2, 0) is 28.6 Å². The first-order chi connectivity index (χ1) is 15.7. The molecule has 0 atom stereocenters. The largest absolute Gasteiger partial charge is 0.416 e. The average molecular weight is 472 g/mol. The van der Waals surface area contributed by atoms with Gasteiger partial charge in [-0.25, -0.2) is 0 Å². The molecule has 1 saturated heterocycles. The van der Waals surface area contributed by atoms with E-state index in [0.717, 1.165) is 61.4 Å². The van der Waals surface area contributed by atoms with E-state index in [2.05, 4.69) is 10.2 Å². The molecule has 3 aliphatic rings. The number of thiocarbonyl (C=S) groups is 1. The number of nitrogens with zero attached hydrogens (tertiary/aromatic N) is 2. The molecule has 2 amide bonds. The van der Waals surface area contributed by atoms with Crippen LogP contribution >= 0.6 is 12.2 Å². The molecule has 0 radical (unpaired) electrons. The molecule has 1 fully saturated rings. The Morgan fingerprint density at radius 1 is 1.00 bits per heavy atom. The molecule has 2 aromatic carbocycles. The summed E-state index contributed by atoms with van der Waals surface area (Å²) in [4.78, 5) is 29.2. The maximum Gasteiger partial charge on any atom is 0.416 e. The highest BCUT2D eigenvalue weighted by Gasteiger charge is 2.37. The second kappa shape index (κ2) is 7.98. The predicted molar refractivity (Wildman–Crippen MR) is 123 cm³/mol. The molecule has 5 nitrogen and oxygen atoms in total. The summed E-state index contributed by atoms with van der Waals surface area (Å²) in [7, 11) is 0. The zero-order chi connectivity index (χ0) is 23.3. The number of alkyl halides is 3. The first-order valence-electron chi connectivity index (χ1n) is 10.7. The highest BCUT2D eigenvalue weighted by Crippen LogP contribution is 2.37. The van der Waals surface area contributed by atoms with Gasteiger partial charge in [0.2, 0.25) is 0 Å². The Bertz CT molecular complexity index is 1190. The second-order valence-electron chi connectivity index (χ2n) is 8.39. The van der Waals surface area contributed by atoms with E-state index in [1.54, 1.807) is 0 Å². The number of nitrogens with one attached hydrogen (secondary N) is 1. The number of halogens is 3. The minimum Gasteiger partial charge on any atom is -0.371 e. The molecule has 9 heteroatoms. The van der Waals surface area contributed by atoms with Crippen molar-refractivity contribution >= 4 is 46.6 Å². The van der Waals surface area contributed by atoms with Crippen LogP contribution in [0.3, 0.4) is 0 Å². The average Bonchev–Trinajstić information content (AvgIpc) is 2.76. The third-order valence-corrected chi connectivity index (χ3v) is 6.48. The highest BCUT2D eigenvalue weighted by atomic mass is 32.1. The van der Waals surface area contributed by atoms with Crippen molar-refractivity contribution in [3.8, 4) is 0 Å². The minimum atomic E-state index is -4.57. The van der Waals surface area contributed by atoms with Crippen molar-refractivity contribution in [2.45, 2.75) is 31.9 Å². The van der Waals surface area contributed by atoms with Gasteiger partial charge >= 0.3 is 6.18 Å². The molecule has 5 rings (SSSR count). The fourth-order valence-corrected chi connectivity index (χ4v) is 5.07. The van der Waals surface area contributed by atoms with Crippen molar-refractivity contribution in [1.29, 1.82) is 0 Å². The van der Waals surface area contributed by atoms with Gasteiger partial charge in [0, 0.05) is 18.8 Å². The number of amides is 2. The van der Waals surface area contributed by atoms with Crippen molar-refractivity contribution in [2.75, 3.05) is 22.9 Å². The molecule has 0 aliphatic carbocycles. The number of carbonyl (C=O) groups excluding carboxylic acids is 2. The molecule has 0 unspecified atom stereocenters. The van der Waals surface area contributed by atoms with E-state index in [0.29, 0.717) is 0 Å². The number of hydrogen-bond acceptors (Lipinski definition) is 4. The lowest BCUT2D eigenvalue weighted by Crippen LogP contribution is -2.54. The Morgan fingerprint density at radius 2 is 1.67 bits per heavy atom.